The molecule has 2 N–H and O–H groups in total. The van der Waals surface area contributed by atoms with E-state index in [0.29, 0.717) is 24.0 Å². The minimum absolute atomic E-state index is 0.295. The number of phenolic OH excluding ortho intramolecular Hbond substituents is 1. The second-order valence-electron chi connectivity index (χ2n) is 5.74. The number of phenols is 1. The van der Waals surface area contributed by atoms with E-state index in [4.69, 9.17) is 4.74 Å². The van der Waals surface area contributed by atoms with Crippen molar-refractivity contribution in [3.63, 3.8) is 0 Å². The Morgan fingerprint density at radius 2 is 2.10 bits per heavy atom. The highest BCUT2D eigenvalue weighted by Gasteiger charge is 2.14. The third kappa shape index (κ3) is 4.39. The molecule has 112 valence electrons. The molecule has 0 saturated carbocycles. The summed E-state index contributed by atoms with van der Waals surface area (Å²) in [4.78, 5) is 2.54. The third-order valence-corrected chi connectivity index (χ3v) is 3.87. The molecule has 1 unspecified atom stereocenters. The zero-order chi connectivity index (χ0) is 14.4. The maximum Gasteiger partial charge on any atom is 0.123 e. The zero-order valence-corrected chi connectivity index (χ0v) is 12.6. The molecule has 1 aromatic carbocycles. The van der Waals surface area contributed by atoms with Crippen molar-refractivity contribution in [2.75, 3.05) is 33.3 Å². The Morgan fingerprint density at radius 3 is 2.75 bits per heavy atom. The second-order valence-corrected chi connectivity index (χ2v) is 5.74. The van der Waals surface area contributed by atoms with E-state index in [0.717, 1.165) is 12.1 Å². The molecular formula is C16H26N2O2. The SMILES string of the molecule is COc1ccc(CNCC(C)CN2CCCC2)c(O)c1. The van der Waals surface area contributed by atoms with E-state index in [1.807, 2.05) is 12.1 Å². The molecular weight excluding hydrogens is 252 g/mol. The largest absolute Gasteiger partial charge is 0.507 e. The first-order chi connectivity index (χ1) is 9.69. The predicted octanol–water partition coefficient (Wildman–Crippen LogP) is 2.22. The van der Waals surface area contributed by atoms with E-state index in [9.17, 15) is 5.11 Å². The summed E-state index contributed by atoms with van der Waals surface area (Å²) in [5.41, 5.74) is 0.916. The van der Waals surface area contributed by atoms with Crippen LogP contribution in [-0.4, -0.2) is 43.3 Å². The third-order valence-electron chi connectivity index (χ3n) is 3.87. The van der Waals surface area contributed by atoms with Crippen molar-refractivity contribution in [3.05, 3.63) is 23.8 Å². The average Bonchev–Trinajstić information content (AvgIpc) is 2.93. The van der Waals surface area contributed by atoms with Crippen molar-refractivity contribution in [2.24, 2.45) is 5.92 Å². The summed E-state index contributed by atoms with van der Waals surface area (Å²) in [6.07, 6.45) is 2.69. The minimum atomic E-state index is 0.295. The van der Waals surface area contributed by atoms with Crippen LogP contribution in [0.3, 0.4) is 0 Å². The number of ether oxygens (including phenoxy) is 1. The Kier molecular flexibility index (Phi) is 5.68. The number of methoxy groups -OCH3 is 1. The summed E-state index contributed by atoms with van der Waals surface area (Å²) in [6.45, 7) is 7.62. The molecule has 0 aliphatic carbocycles. The first kappa shape index (κ1) is 15.1. The standard InChI is InChI=1S/C16H26N2O2/c1-13(12-18-7-3-4-8-18)10-17-11-14-5-6-15(20-2)9-16(14)19/h5-6,9,13,17,19H,3-4,7-8,10-12H2,1-2H3. The molecule has 4 nitrogen and oxygen atoms in total. The summed E-state index contributed by atoms with van der Waals surface area (Å²) in [7, 11) is 1.60. The summed E-state index contributed by atoms with van der Waals surface area (Å²) < 4.78 is 5.08. The van der Waals surface area contributed by atoms with Crippen LogP contribution in [0.5, 0.6) is 11.5 Å². The van der Waals surface area contributed by atoms with E-state index < -0.39 is 0 Å². The van der Waals surface area contributed by atoms with Gasteiger partial charge < -0.3 is 20.1 Å². The quantitative estimate of drug-likeness (QED) is 0.803. The van der Waals surface area contributed by atoms with Gasteiger partial charge in [0.25, 0.3) is 0 Å². The monoisotopic (exact) mass is 278 g/mol. The number of hydrogen-bond acceptors (Lipinski definition) is 4. The van der Waals surface area contributed by atoms with Gasteiger partial charge in [-0.25, -0.2) is 0 Å². The van der Waals surface area contributed by atoms with Crippen LogP contribution in [0.15, 0.2) is 18.2 Å². The average molecular weight is 278 g/mol. The molecule has 1 fully saturated rings. The second kappa shape index (κ2) is 7.50. The molecule has 1 aliphatic rings. The van der Waals surface area contributed by atoms with E-state index >= 15 is 0 Å². The van der Waals surface area contributed by atoms with Crippen LogP contribution in [0.25, 0.3) is 0 Å². The van der Waals surface area contributed by atoms with Gasteiger partial charge in [-0.15, -0.1) is 0 Å². The lowest BCUT2D eigenvalue weighted by Crippen LogP contribution is -2.31. The first-order valence-electron chi connectivity index (χ1n) is 7.48. The van der Waals surface area contributed by atoms with Gasteiger partial charge in [0.15, 0.2) is 0 Å². The lowest BCUT2D eigenvalue weighted by molar-refractivity contribution is 0.282. The topological polar surface area (TPSA) is 44.7 Å². The number of likely N-dealkylation sites (tertiary alicyclic amines) is 1. The number of aromatic hydroxyl groups is 1. The summed E-state index contributed by atoms with van der Waals surface area (Å²) in [5.74, 6) is 1.62. The predicted molar refractivity (Wildman–Crippen MR) is 81.2 cm³/mol. The Morgan fingerprint density at radius 1 is 1.35 bits per heavy atom. The van der Waals surface area contributed by atoms with Crippen LogP contribution in [0.4, 0.5) is 0 Å². The summed E-state index contributed by atoms with van der Waals surface area (Å²) >= 11 is 0. The van der Waals surface area contributed by atoms with Crippen molar-refractivity contribution in [3.8, 4) is 11.5 Å². The Hall–Kier alpha value is -1.26. The number of benzene rings is 1. The molecule has 1 atom stereocenters. The molecule has 0 spiro atoms. The molecule has 4 heteroatoms. The van der Waals surface area contributed by atoms with Crippen LogP contribution in [0, 0.1) is 5.92 Å². The molecule has 1 saturated heterocycles. The molecule has 0 bridgehead atoms. The Bertz CT molecular complexity index is 417. The smallest absolute Gasteiger partial charge is 0.123 e. The maximum absolute atomic E-state index is 9.89. The molecule has 0 aromatic heterocycles. The van der Waals surface area contributed by atoms with Crippen LogP contribution >= 0.6 is 0 Å². The molecule has 2 rings (SSSR count). The van der Waals surface area contributed by atoms with Gasteiger partial charge in [0.1, 0.15) is 11.5 Å². The van der Waals surface area contributed by atoms with Crippen LogP contribution < -0.4 is 10.1 Å². The van der Waals surface area contributed by atoms with Gasteiger partial charge >= 0.3 is 0 Å². The van der Waals surface area contributed by atoms with Crippen molar-refractivity contribution < 1.29 is 9.84 Å². The molecule has 0 amide bonds. The summed E-state index contributed by atoms with van der Waals surface area (Å²) in [6, 6.07) is 5.45. The molecule has 0 radical (unpaired) electrons. The lowest BCUT2D eigenvalue weighted by Gasteiger charge is -2.20. The molecule has 1 aliphatic heterocycles. The molecule has 1 aromatic rings. The van der Waals surface area contributed by atoms with E-state index in [-0.39, 0.29) is 0 Å². The van der Waals surface area contributed by atoms with Crippen LogP contribution in [0.2, 0.25) is 0 Å². The molecule has 1 heterocycles. The van der Waals surface area contributed by atoms with Crippen molar-refractivity contribution in [2.45, 2.75) is 26.3 Å². The van der Waals surface area contributed by atoms with Gasteiger partial charge in [-0.05, 0) is 44.5 Å². The van der Waals surface area contributed by atoms with Gasteiger partial charge in [-0.1, -0.05) is 13.0 Å². The fraction of sp³-hybridized carbons (Fsp3) is 0.625. The highest BCUT2D eigenvalue weighted by Crippen LogP contribution is 2.23. The molecule has 20 heavy (non-hydrogen) atoms. The van der Waals surface area contributed by atoms with E-state index in [2.05, 4.69) is 17.1 Å². The Labute approximate surface area is 121 Å². The van der Waals surface area contributed by atoms with Crippen molar-refractivity contribution in [1.82, 2.24) is 10.2 Å². The van der Waals surface area contributed by atoms with Gasteiger partial charge in [0, 0.05) is 24.7 Å². The minimum Gasteiger partial charge on any atom is -0.507 e. The fourth-order valence-electron chi connectivity index (χ4n) is 2.74. The van der Waals surface area contributed by atoms with Gasteiger partial charge in [0.2, 0.25) is 0 Å². The van der Waals surface area contributed by atoms with Crippen LogP contribution in [0.1, 0.15) is 25.3 Å². The summed E-state index contributed by atoms with van der Waals surface area (Å²) in [5, 5.41) is 13.3. The van der Waals surface area contributed by atoms with Crippen molar-refractivity contribution in [1.29, 1.82) is 0 Å². The number of nitrogens with one attached hydrogen (secondary N) is 1. The van der Waals surface area contributed by atoms with Crippen LogP contribution in [-0.2, 0) is 6.54 Å². The Balaban J connectivity index is 1.72. The van der Waals surface area contributed by atoms with Gasteiger partial charge in [-0.3, -0.25) is 0 Å². The first-order valence-corrected chi connectivity index (χ1v) is 7.48. The van der Waals surface area contributed by atoms with E-state index in [1.165, 1.54) is 32.5 Å². The fourth-order valence-corrected chi connectivity index (χ4v) is 2.74. The van der Waals surface area contributed by atoms with E-state index in [1.54, 1.807) is 13.2 Å². The number of hydrogen-bond donors (Lipinski definition) is 2. The maximum atomic E-state index is 9.89. The highest BCUT2D eigenvalue weighted by molar-refractivity contribution is 5.39. The van der Waals surface area contributed by atoms with Crippen molar-refractivity contribution >= 4 is 0 Å². The number of nitrogens with zero attached hydrogens (tertiary/aromatic N) is 1. The highest BCUT2D eigenvalue weighted by atomic mass is 16.5. The van der Waals surface area contributed by atoms with Gasteiger partial charge in [0.05, 0.1) is 7.11 Å². The zero-order valence-electron chi connectivity index (χ0n) is 12.6. The lowest BCUT2D eigenvalue weighted by atomic mass is 10.1. The normalized spacial score (nSPS) is 17.3. The number of rotatable bonds is 7. The van der Waals surface area contributed by atoms with Gasteiger partial charge in [-0.2, -0.15) is 0 Å².